The number of nitrogens with zero attached hydrogens (tertiary/aromatic N) is 3. The zero-order chi connectivity index (χ0) is 14.4. The van der Waals surface area contributed by atoms with Crippen LogP contribution in [0, 0.1) is 13.8 Å². The van der Waals surface area contributed by atoms with Crippen LogP contribution >= 0.6 is 11.3 Å². The van der Waals surface area contributed by atoms with Crippen LogP contribution in [-0.4, -0.2) is 21.2 Å². The predicted octanol–water partition coefficient (Wildman–Crippen LogP) is 4.21. The fourth-order valence-corrected chi connectivity index (χ4v) is 4.32. The Hall–Kier alpha value is -1.75. The fraction of sp³-hybridized carbons (Fsp3) is 0.438. The van der Waals surface area contributed by atoms with E-state index >= 15 is 0 Å². The van der Waals surface area contributed by atoms with Gasteiger partial charge in [-0.15, -0.1) is 16.4 Å². The predicted molar refractivity (Wildman–Crippen MR) is 88.1 cm³/mol. The van der Waals surface area contributed by atoms with Crippen molar-refractivity contribution in [3.8, 4) is 0 Å². The Balaban J connectivity index is 1.91. The number of rotatable bonds is 2. The van der Waals surface area contributed by atoms with Crippen LogP contribution < -0.4 is 5.32 Å². The van der Waals surface area contributed by atoms with Crippen LogP contribution in [0.3, 0.4) is 0 Å². The Morgan fingerprint density at radius 3 is 2.81 bits per heavy atom. The summed E-state index contributed by atoms with van der Waals surface area (Å²) in [4.78, 5) is 5.58. The normalized spacial score (nSPS) is 16.1. The van der Waals surface area contributed by atoms with Gasteiger partial charge in [-0.25, -0.2) is 4.98 Å². The molecule has 3 aromatic heterocycles. The third-order valence-electron chi connectivity index (χ3n) is 4.49. The summed E-state index contributed by atoms with van der Waals surface area (Å²) in [5.41, 5.74) is 2.23. The number of thiophene rings is 1. The molecule has 0 bridgehead atoms. The first-order valence-electron chi connectivity index (χ1n) is 7.51. The summed E-state index contributed by atoms with van der Waals surface area (Å²) in [6.07, 6.45) is 7.05. The molecule has 0 aromatic carbocycles. The lowest BCUT2D eigenvalue weighted by Gasteiger charge is -2.12. The molecule has 1 aliphatic carbocycles. The molecule has 3 aromatic rings. The maximum Gasteiger partial charge on any atom is 0.147 e. The van der Waals surface area contributed by atoms with Gasteiger partial charge in [-0.05, 0) is 38.3 Å². The highest BCUT2D eigenvalue weighted by atomic mass is 32.1. The van der Waals surface area contributed by atoms with Gasteiger partial charge in [0.15, 0.2) is 0 Å². The van der Waals surface area contributed by atoms with Gasteiger partial charge in [-0.2, -0.15) is 5.10 Å². The third kappa shape index (κ3) is 2.07. The molecule has 3 heterocycles. The Morgan fingerprint density at radius 2 is 2.00 bits per heavy atom. The van der Waals surface area contributed by atoms with E-state index in [0.29, 0.717) is 6.04 Å². The fourth-order valence-electron chi connectivity index (χ4n) is 3.19. The quantitative estimate of drug-likeness (QED) is 0.770. The Kier molecular flexibility index (Phi) is 3.03. The maximum absolute atomic E-state index is 4.57. The number of anilines is 1. The molecule has 1 aliphatic rings. The van der Waals surface area contributed by atoms with Gasteiger partial charge in [-0.3, -0.25) is 0 Å². The largest absolute Gasteiger partial charge is 0.366 e. The zero-order valence-electron chi connectivity index (χ0n) is 12.3. The van der Waals surface area contributed by atoms with E-state index < -0.39 is 0 Å². The van der Waals surface area contributed by atoms with E-state index in [-0.39, 0.29) is 0 Å². The molecule has 1 saturated carbocycles. The molecule has 5 heteroatoms. The second-order valence-corrected chi connectivity index (χ2v) is 6.85. The van der Waals surface area contributed by atoms with Gasteiger partial charge in [0.2, 0.25) is 0 Å². The molecule has 4 rings (SSSR count). The average Bonchev–Trinajstić information content (AvgIpc) is 3.11. The van der Waals surface area contributed by atoms with E-state index in [4.69, 9.17) is 0 Å². The van der Waals surface area contributed by atoms with Crippen molar-refractivity contribution in [1.29, 1.82) is 0 Å². The first-order chi connectivity index (χ1) is 10.2. The monoisotopic (exact) mass is 298 g/mol. The minimum atomic E-state index is 0.572. The van der Waals surface area contributed by atoms with Crippen LogP contribution in [0.15, 0.2) is 12.3 Å². The molecule has 0 radical (unpaired) electrons. The van der Waals surface area contributed by atoms with Crippen molar-refractivity contribution >= 4 is 37.5 Å². The van der Waals surface area contributed by atoms with Crippen LogP contribution in [0.2, 0.25) is 0 Å². The van der Waals surface area contributed by atoms with Gasteiger partial charge < -0.3 is 5.32 Å². The highest BCUT2D eigenvalue weighted by molar-refractivity contribution is 7.26. The lowest BCUT2D eigenvalue weighted by molar-refractivity contribution is 0.752. The van der Waals surface area contributed by atoms with E-state index in [1.807, 2.05) is 13.1 Å². The van der Waals surface area contributed by atoms with Crippen LogP contribution in [0.25, 0.3) is 20.3 Å². The third-order valence-corrected chi connectivity index (χ3v) is 5.59. The maximum atomic E-state index is 4.57. The van der Waals surface area contributed by atoms with E-state index in [1.54, 1.807) is 11.3 Å². The van der Waals surface area contributed by atoms with Crippen molar-refractivity contribution in [2.24, 2.45) is 0 Å². The van der Waals surface area contributed by atoms with Gasteiger partial charge in [0.25, 0.3) is 0 Å². The van der Waals surface area contributed by atoms with Crippen LogP contribution in [0.1, 0.15) is 36.9 Å². The number of hydrogen-bond acceptors (Lipinski definition) is 5. The van der Waals surface area contributed by atoms with E-state index in [2.05, 4.69) is 33.5 Å². The van der Waals surface area contributed by atoms with Gasteiger partial charge in [0.1, 0.15) is 10.6 Å². The molecule has 0 aliphatic heterocycles. The average molecular weight is 298 g/mol. The van der Waals surface area contributed by atoms with Gasteiger partial charge in [0.05, 0.1) is 10.4 Å². The minimum absolute atomic E-state index is 0.572. The first kappa shape index (κ1) is 13.0. The molecule has 0 amide bonds. The van der Waals surface area contributed by atoms with Crippen molar-refractivity contribution < 1.29 is 0 Å². The number of aromatic nitrogens is 3. The van der Waals surface area contributed by atoms with Crippen LogP contribution in [-0.2, 0) is 0 Å². The van der Waals surface area contributed by atoms with Crippen LogP contribution in [0.4, 0.5) is 5.82 Å². The van der Waals surface area contributed by atoms with Gasteiger partial charge in [-0.1, -0.05) is 12.8 Å². The first-order valence-corrected chi connectivity index (χ1v) is 8.33. The van der Waals surface area contributed by atoms with Crippen molar-refractivity contribution in [2.45, 2.75) is 45.6 Å². The molecule has 4 nitrogen and oxygen atoms in total. The summed E-state index contributed by atoms with van der Waals surface area (Å²) in [6.45, 7) is 4.15. The highest BCUT2D eigenvalue weighted by Gasteiger charge is 2.18. The smallest absolute Gasteiger partial charge is 0.147 e. The van der Waals surface area contributed by atoms with Crippen LogP contribution in [0.5, 0.6) is 0 Å². The van der Waals surface area contributed by atoms with Gasteiger partial charge in [0, 0.05) is 23.0 Å². The lowest BCUT2D eigenvalue weighted by atomic mass is 10.1. The summed E-state index contributed by atoms with van der Waals surface area (Å²) in [5.74, 6) is 1.01. The molecule has 1 fully saturated rings. The molecule has 0 atom stereocenters. The summed E-state index contributed by atoms with van der Waals surface area (Å²) >= 11 is 1.70. The Bertz CT molecular complexity index is 818. The standard InChI is InChI=1S/C16H18N4S/c1-9-10(2)19-20-16-13(9)12-7-8-17-15(14(12)21-16)18-11-5-3-4-6-11/h7-8,11H,3-6H2,1-2H3,(H,17,18). The highest BCUT2D eigenvalue weighted by Crippen LogP contribution is 2.38. The molecule has 108 valence electrons. The molecule has 1 N–H and O–H groups in total. The van der Waals surface area contributed by atoms with Crippen molar-refractivity contribution in [1.82, 2.24) is 15.2 Å². The van der Waals surface area contributed by atoms with E-state index in [1.165, 1.54) is 46.7 Å². The topological polar surface area (TPSA) is 50.7 Å². The number of aryl methyl sites for hydroxylation is 2. The van der Waals surface area contributed by atoms with Crippen molar-refractivity contribution in [2.75, 3.05) is 5.32 Å². The number of hydrogen-bond donors (Lipinski definition) is 1. The van der Waals surface area contributed by atoms with E-state index in [0.717, 1.165) is 16.3 Å². The molecule has 21 heavy (non-hydrogen) atoms. The number of fused-ring (bicyclic) bond motifs is 3. The molecular weight excluding hydrogens is 280 g/mol. The zero-order valence-corrected chi connectivity index (χ0v) is 13.1. The van der Waals surface area contributed by atoms with Gasteiger partial charge >= 0.3 is 0 Å². The summed E-state index contributed by atoms with van der Waals surface area (Å²) in [5, 5.41) is 14.7. The number of pyridine rings is 1. The molecule has 0 unspecified atom stereocenters. The minimum Gasteiger partial charge on any atom is -0.366 e. The summed E-state index contributed by atoms with van der Waals surface area (Å²) in [6, 6.07) is 2.67. The second kappa shape index (κ2) is 4.91. The van der Waals surface area contributed by atoms with Crippen molar-refractivity contribution in [3.63, 3.8) is 0 Å². The Morgan fingerprint density at radius 1 is 1.19 bits per heavy atom. The molecule has 0 spiro atoms. The van der Waals surface area contributed by atoms with E-state index in [9.17, 15) is 0 Å². The molecule has 0 saturated heterocycles. The SMILES string of the molecule is Cc1nnc2sc3c(NC4CCCC4)nccc3c2c1C. The summed E-state index contributed by atoms with van der Waals surface area (Å²) < 4.78 is 1.21. The Labute approximate surface area is 127 Å². The molecular formula is C16H18N4S. The lowest BCUT2D eigenvalue weighted by Crippen LogP contribution is -2.15. The number of nitrogens with one attached hydrogen (secondary N) is 1. The second-order valence-electron chi connectivity index (χ2n) is 5.85. The summed E-state index contributed by atoms with van der Waals surface area (Å²) in [7, 11) is 0. The van der Waals surface area contributed by atoms with Crippen molar-refractivity contribution in [3.05, 3.63) is 23.5 Å².